The standard InChI is InChI=1S/C10H20O/c1-9(8-11)7-10-5-3-2-4-6-10/h9-11H,2-8H2,1H3. The molecule has 1 rings (SSSR count). The third-order valence-electron chi connectivity index (χ3n) is 2.77. The first-order valence-corrected chi connectivity index (χ1v) is 4.93. The molecule has 0 aliphatic heterocycles. The van der Waals surface area contributed by atoms with Crippen LogP contribution in [0.4, 0.5) is 0 Å². The Labute approximate surface area is 69.8 Å². The summed E-state index contributed by atoms with van der Waals surface area (Å²) in [6.07, 6.45) is 8.33. The van der Waals surface area contributed by atoms with Crippen LogP contribution in [0, 0.1) is 11.8 Å². The van der Waals surface area contributed by atoms with E-state index in [0.717, 1.165) is 5.92 Å². The van der Waals surface area contributed by atoms with Gasteiger partial charge in [0.05, 0.1) is 0 Å². The van der Waals surface area contributed by atoms with E-state index in [-0.39, 0.29) is 0 Å². The molecule has 0 saturated heterocycles. The fraction of sp³-hybridized carbons (Fsp3) is 1.00. The molecule has 1 aliphatic rings. The van der Waals surface area contributed by atoms with E-state index >= 15 is 0 Å². The molecule has 66 valence electrons. The molecule has 1 nitrogen and oxygen atoms in total. The lowest BCUT2D eigenvalue weighted by atomic mass is 9.83. The molecule has 0 heterocycles. The van der Waals surface area contributed by atoms with Crippen LogP contribution < -0.4 is 0 Å². The maximum absolute atomic E-state index is 8.87. The lowest BCUT2D eigenvalue weighted by Crippen LogP contribution is -2.12. The number of hydrogen-bond acceptors (Lipinski definition) is 1. The second-order valence-corrected chi connectivity index (χ2v) is 4.03. The molecule has 1 fully saturated rings. The first-order valence-electron chi connectivity index (χ1n) is 4.93. The fourth-order valence-electron chi connectivity index (χ4n) is 2.07. The molecule has 0 aromatic carbocycles. The molecule has 1 aliphatic carbocycles. The van der Waals surface area contributed by atoms with Crippen LogP contribution in [0.5, 0.6) is 0 Å². The summed E-state index contributed by atoms with van der Waals surface area (Å²) < 4.78 is 0. The first kappa shape index (κ1) is 9.05. The summed E-state index contributed by atoms with van der Waals surface area (Å²) in [6.45, 7) is 2.52. The van der Waals surface area contributed by atoms with Crippen molar-refractivity contribution in [2.75, 3.05) is 6.61 Å². The minimum absolute atomic E-state index is 0.372. The average Bonchev–Trinajstić information content (AvgIpc) is 2.06. The van der Waals surface area contributed by atoms with Crippen LogP contribution in [0.15, 0.2) is 0 Å². The highest BCUT2D eigenvalue weighted by molar-refractivity contribution is 4.67. The van der Waals surface area contributed by atoms with Crippen LogP contribution in [-0.2, 0) is 0 Å². The summed E-state index contributed by atoms with van der Waals surface area (Å²) in [7, 11) is 0. The Morgan fingerprint density at radius 2 is 1.91 bits per heavy atom. The molecule has 0 aromatic rings. The van der Waals surface area contributed by atoms with E-state index in [1.165, 1.54) is 38.5 Å². The van der Waals surface area contributed by atoms with Gasteiger partial charge in [-0.15, -0.1) is 0 Å². The average molecular weight is 156 g/mol. The zero-order valence-corrected chi connectivity index (χ0v) is 7.55. The van der Waals surface area contributed by atoms with Crippen molar-refractivity contribution >= 4 is 0 Å². The second-order valence-electron chi connectivity index (χ2n) is 4.03. The number of aliphatic hydroxyl groups excluding tert-OH is 1. The minimum atomic E-state index is 0.372. The molecule has 0 radical (unpaired) electrons. The summed E-state index contributed by atoms with van der Waals surface area (Å²) in [5, 5.41) is 8.87. The van der Waals surface area contributed by atoms with Crippen molar-refractivity contribution in [1.82, 2.24) is 0 Å². The molecule has 0 spiro atoms. The van der Waals surface area contributed by atoms with Crippen LogP contribution in [-0.4, -0.2) is 11.7 Å². The van der Waals surface area contributed by atoms with Crippen molar-refractivity contribution in [1.29, 1.82) is 0 Å². The highest BCUT2D eigenvalue weighted by atomic mass is 16.3. The maximum Gasteiger partial charge on any atom is 0.0456 e. The number of rotatable bonds is 3. The van der Waals surface area contributed by atoms with Gasteiger partial charge in [-0.2, -0.15) is 0 Å². The topological polar surface area (TPSA) is 20.2 Å². The van der Waals surface area contributed by atoms with Gasteiger partial charge in [0.15, 0.2) is 0 Å². The molecule has 1 atom stereocenters. The van der Waals surface area contributed by atoms with Gasteiger partial charge in [-0.05, 0) is 18.3 Å². The summed E-state index contributed by atoms with van der Waals surface area (Å²) >= 11 is 0. The summed E-state index contributed by atoms with van der Waals surface area (Å²) in [6, 6.07) is 0. The van der Waals surface area contributed by atoms with E-state index in [1.807, 2.05) is 0 Å². The van der Waals surface area contributed by atoms with Crippen LogP contribution in [0.25, 0.3) is 0 Å². The van der Waals surface area contributed by atoms with E-state index in [1.54, 1.807) is 0 Å². The highest BCUT2D eigenvalue weighted by Crippen LogP contribution is 2.28. The Kier molecular flexibility index (Phi) is 3.92. The van der Waals surface area contributed by atoms with Crippen molar-refractivity contribution in [3.8, 4) is 0 Å². The first-order chi connectivity index (χ1) is 5.33. The fourth-order valence-corrected chi connectivity index (χ4v) is 2.07. The predicted octanol–water partition coefficient (Wildman–Crippen LogP) is 2.59. The Bertz CT molecular complexity index is 95.0. The number of hydrogen-bond donors (Lipinski definition) is 1. The van der Waals surface area contributed by atoms with E-state index in [9.17, 15) is 0 Å². The van der Waals surface area contributed by atoms with Gasteiger partial charge in [-0.25, -0.2) is 0 Å². The van der Waals surface area contributed by atoms with Crippen molar-refractivity contribution in [2.24, 2.45) is 11.8 Å². The minimum Gasteiger partial charge on any atom is -0.396 e. The van der Waals surface area contributed by atoms with Crippen molar-refractivity contribution in [2.45, 2.75) is 45.4 Å². The van der Waals surface area contributed by atoms with Gasteiger partial charge in [0, 0.05) is 6.61 Å². The maximum atomic E-state index is 8.87. The molecule has 1 unspecified atom stereocenters. The zero-order valence-electron chi connectivity index (χ0n) is 7.55. The molecule has 0 bridgehead atoms. The van der Waals surface area contributed by atoms with Crippen molar-refractivity contribution in [3.05, 3.63) is 0 Å². The highest BCUT2D eigenvalue weighted by Gasteiger charge is 2.15. The lowest BCUT2D eigenvalue weighted by Gasteiger charge is -2.23. The predicted molar refractivity (Wildman–Crippen MR) is 47.4 cm³/mol. The van der Waals surface area contributed by atoms with Crippen molar-refractivity contribution < 1.29 is 5.11 Å². The van der Waals surface area contributed by atoms with Gasteiger partial charge in [-0.3, -0.25) is 0 Å². The molecule has 0 aromatic heterocycles. The zero-order chi connectivity index (χ0) is 8.10. The largest absolute Gasteiger partial charge is 0.396 e. The van der Waals surface area contributed by atoms with Gasteiger partial charge in [0.2, 0.25) is 0 Å². The molecular formula is C10H20O. The van der Waals surface area contributed by atoms with Crippen molar-refractivity contribution in [3.63, 3.8) is 0 Å². The Balaban J connectivity index is 2.13. The van der Waals surface area contributed by atoms with Gasteiger partial charge in [0.1, 0.15) is 0 Å². The van der Waals surface area contributed by atoms with Crippen LogP contribution in [0.2, 0.25) is 0 Å². The van der Waals surface area contributed by atoms with E-state index in [4.69, 9.17) is 5.11 Å². The number of aliphatic hydroxyl groups is 1. The Morgan fingerprint density at radius 3 is 2.45 bits per heavy atom. The third-order valence-corrected chi connectivity index (χ3v) is 2.77. The second kappa shape index (κ2) is 4.76. The molecular weight excluding hydrogens is 136 g/mol. The summed E-state index contributed by atoms with van der Waals surface area (Å²) in [5.41, 5.74) is 0. The molecule has 11 heavy (non-hydrogen) atoms. The van der Waals surface area contributed by atoms with Gasteiger partial charge in [-0.1, -0.05) is 39.0 Å². The van der Waals surface area contributed by atoms with Crippen LogP contribution >= 0.6 is 0 Å². The SMILES string of the molecule is CC(CO)CC1CCCCC1. The van der Waals surface area contributed by atoms with Crippen LogP contribution in [0.3, 0.4) is 0 Å². The van der Waals surface area contributed by atoms with E-state index < -0.39 is 0 Å². The molecule has 1 N–H and O–H groups in total. The van der Waals surface area contributed by atoms with Gasteiger partial charge in [0.25, 0.3) is 0 Å². The van der Waals surface area contributed by atoms with Crippen LogP contribution in [0.1, 0.15) is 45.4 Å². The van der Waals surface area contributed by atoms with Gasteiger partial charge >= 0.3 is 0 Å². The quantitative estimate of drug-likeness (QED) is 0.666. The molecule has 1 saturated carbocycles. The summed E-state index contributed by atoms with van der Waals surface area (Å²) in [5.74, 6) is 1.45. The molecule has 1 heteroatoms. The lowest BCUT2D eigenvalue weighted by molar-refractivity contribution is 0.197. The Hall–Kier alpha value is -0.0400. The van der Waals surface area contributed by atoms with E-state index in [2.05, 4.69) is 6.92 Å². The Morgan fingerprint density at radius 1 is 1.27 bits per heavy atom. The van der Waals surface area contributed by atoms with Gasteiger partial charge < -0.3 is 5.11 Å². The normalized spacial score (nSPS) is 23.5. The smallest absolute Gasteiger partial charge is 0.0456 e. The monoisotopic (exact) mass is 156 g/mol. The summed E-state index contributed by atoms with van der Waals surface area (Å²) in [4.78, 5) is 0. The third kappa shape index (κ3) is 3.24. The molecule has 0 amide bonds. The van der Waals surface area contributed by atoms with E-state index in [0.29, 0.717) is 12.5 Å².